The molecule has 5 heteroatoms. The number of carbonyl (C=O) groups is 1. The molecule has 27 heavy (non-hydrogen) atoms. The minimum atomic E-state index is 0.191. The summed E-state index contributed by atoms with van der Waals surface area (Å²) in [6.07, 6.45) is 4.11. The number of likely N-dealkylation sites (tertiary alicyclic amines) is 1. The second-order valence-electron chi connectivity index (χ2n) is 8.87. The van der Waals surface area contributed by atoms with Gasteiger partial charge in [-0.25, -0.2) is 0 Å². The minimum Gasteiger partial charge on any atom is -0.373 e. The normalized spacial score (nSPS) is 28.6. The third-order valence-corrected chi connectivity index (χ3v) is 6.55. The molecule has 0 aliphatic carbocycles. The second-order valence-corrected chi connectivity index (χ2v) is 8.87. The summed E-state index contributed by atoms with van der Waals surface area (Å²) >= 11 is 0. The molecule has 1 N–H and O–H groups in total. The largest absolute Gasteiger partial charge is 0.373 e. The molecule has 3 heterocycles. The molecule has 4 rings (SSSR count). The summed E-state index contributed by atoms with van der Waals surface area (Å²) in [5, 5.41) is 3.49. The first kappa shape index (κ1) is 18.9. The number of hydrogen-bond donors (Lipinski definition) is 1. The van der Waals surface area contributed by atoms with E-state index in [0.29, 0.717) is 5.41 Å². The SMILES string of the molecule is CC1CN(Cc2ccc(C(=O)N3CCC4(CCNC4)CC3)cc2)CC(C)O1. The number of piperidine rings is 1. The van der Waals surface area contributed by atoms with E-state index in [1.165, 1.54) is 12.0 Å². The van der Waals surface area contributed by atoms with Crippen LogP contribution in [0.25, 0.3) is 0 Å². The predicted octanol–water partition coefficient (Wildman–Crippen LogP) is 2.51. The fraction of sp³-hybridized carbons (Fsp3) is 0.682. The maximum absolute atomic E-state index is 12.9. The third-order valence-electron chi connectivity index (χ3n) is 6.55. The van der Waals surface area contributed by atoms with E-state index in [9.17, 15) is 4.79 Å². The molecule has 0 saturated carbocycles. The van der Waals surface area contributed by atoms with Crippen LogP contribution in [-0.2, 0) is 11.3 Å². The molecule has 1 aromatic carbocycles. The summed E-state index contributed by atoms with van der Waals surface area (Å²) in [4.78, 5) is 17.4. The van der Waals surface area contributed by atoms with Gasteiger partial charge in [0.1, 0.15) is 0 Å². The van der Waals surface area contributed by atoms with Crippen LogP contribution in [0.2, 0.25) is 0 Å². The molecular formula is C22H33N3O2. The van der Waals surface area contributed by atoms with Crippen molar-refractivity contribution in [2.75, 3.05) is 39.3 Å². The Morgan fingerprint density at radius 3 is 2.37 bits per heavy atom. The van der Waals surface area contributed by atoms with E-state index in [1.54, 1.807) is 0 Å². The lowest BCUT2D eigenvalue weighted by atomic mass is 9.78. The van der Waals surface area contributed by atoms with Gasteiger partial charge in [-0.3, -0.25) is 9.69 Å². The van der Waals surface area contributed by atoms with Crippen molar-refractivity contribution in [3.05, 3.63) is 35.4 Å². The molecule has 148 valence electrons. The van der Waals surface area contributed by atoms with E-state index in [0.717, 1.165) is 64.2 Å². The van der Waals surface area contributed by atoms with Crippen LogP contribution >= 0.6 is 0 Å². The maximum Gasteiger partial charge on any atom is 0.253 e. The standard InChI is InChI=1S/C22H33N3O2/c1-17-13-24(14-18(2)27-17)15-19-3-5-20(6-4-19)21(26)25-11-8-22(9-12-25)7-10-23-16-22/h3-6,17-18,23H,7-16H2,1-2H3. The van der Waals surface area contributed by atoms with E-state index in [-0.39, 0.29) is 18.1 Å². The number of ether oxygens (including phenoxy) is 1. The Bertz CT molecular complexity index is 634. The molecule has 3 saturated heterocycles. The summed E-state index contributed by atoms with van der Waals surface area (Å²) in [5.41, 5.74) is 2.54. The number of amides is 1. The van der Waals surface area contributed by atoms with Crippen molar-refractivity contribution in [1.29, 1.82) is 0 Å². The number of carbonyl (C=O) groups excluding carboxylic acids is 1. The highest BCUT2D eigenvalue weighted by molar-refractivity contribution is 5.94. The highest BCUT2D eigenvalue weighted by Crippen LogP contribution is 2.37. The topological polar surface area (TPSA) is 44.8 Å². The monoisotopic (exact) mass is 371 g/mol. The third kappa shape index (κ3) is 4.36. The average molecular weight is 372 g/mol. The van der Waals surface area contributed by atoms with Crippen LogP contribution < -0.4 is 5.32 Å². The number of morpholine rings is 1. The molecule has 5 nitrogen and oxygen atoms in total. The summed E-state index contributed by atoms with van der Waals surface area (Å²) in [6.45, 7) is 11.2. The molecule has 0 bridgehead atoms. The molecule has 3 aliphatic rings. The average Bonchev–Trinajstić information content (AvgIpc) is 3.10. The number of nitrogens with one attached hydrogen (secondary N) is 1. The zero-order chi connectivity index (χ0) is 18.9. The lowest BCUT2D eigenvalue weighted by molar-refractivity contribution is -0.0704. The first-order chi connectivity index (χ1) is 13.0. The maximum atomic E-state index is 12.9. The molecule has 2 unspecified atom stereocenters. The fourth-order valence-electron chi connectivity index (χ4n) is 5.01. The fourth-order valence-corrected chi connectivity index (χ4v) is 5.01. The van der Waals surface area contributed by atoms with Crippen molar-refractivity contribution in [2.45, 2.75) is 51.9 Å². The summed E-state index contributed by atoms with van der Waals surface area (Å²) in [5.74, 6) is 0.191. The highest BCUT2D eigenvalue weighted by Gasteiger charge is 2.38. The molecular weight excluding hydrogens is 338 g/mol. The van der Waals surface area contributed by atoms with E-state index in [1.807, 2.05) is 17.0 Å². The van der Waals surface area contributed by atoms with Gasteiger partial charge in [0.25, 0.3) is 5.91 Å². The van der Waals surface area contributed by atoms with Gasteiger partial charge in [-0.2, -0.15) is 0 Å². The zero-order valence-electron chi connectivity index (χ0n) is 16.7. The Hall–Kier alpha value is -1.43. The number of benzene rings is 1. The predicted molar refractivity (Wildman–Crippen MR) is 107 cm³/mol. The van der Waals surface area contributed by atoms with Crippen LogP contribution in [0.3, 0.4) is 0 Å². The molecule has 3 fully saturated rings. The van der Waals surface area contributed by atoms with Crippen molar-refractivity contribution in [1.82, 2.24) is 15.1 Å². The van der Waals surface area contributed by atoms with E-state index >= 15 is 0 Å². The Balaban J connectivity index is 1.32. The zero-order valence-corrected chi connectivity index (χ0v) is 16.7. The molecule has 0 radical (unpaired) electrons. The van der Waals surface area contributed by atoms with Crippen molar-refractivity contribution < 1.29 is 9.53 Å². The van der Waals surface area contributed by atoms with Crippen LogP contribution in [0.4, 0.5) is 0 Å². The van der Waals surface area contributed by atoms with Gasteiger partial charge in [0, 0.05) is 44.8 Å². The molecule has 1 aromatic rings. The van der Waals surface area contributed by atoms with Crippen LogP contribution in [0, 0.1) is 5.41 Å². The molecule has 3 aliphatic heterocycles. The van der Waals surface area contributed by atoms with Gasteiger partial charge >= 0.3 is 0 Å². The first-order valence-corrected chi connectivity index (χ1v) is 10.5. The van der Waals surface area contributed by atoms with Crippen molar-refractivity contribution in [3.63, 3.8) is 0 Å². The number of hydrogen-bond acceptors (Lipinski definition) is 4. The van der Waals surface area contributed by atoms with Crippen LogP contribution in [0.15, 0.2) is 24.3 Å². The molecule has 1 spiro atoms. The minimum absolute atomic E-state index is 0.191. The summed E-state index contributed by atoms with van der Waals surface area (Å²) in [6, 6.07) is 8.24. The highest BCUT2D eigenvalue weighted by atomic mass is 16.5. The Morgan fingerprint density at radius 1 is 1.11 bits per heavy atom. The first-order valence-electron chi connectivity index (χ1n) is 10.5. The van der Waals surface area contributed by atoms with Crippen LogP contribution in [0.1, 0.15) is 49.0 Å². The smallest absolute Gasteiger partial charge is 0.253 e. The van der Waals surface area contributed by atoms with Gasteiger partial charge in [0.05, 0.1) is 12.2 Å². The summed E-state index contributed by atoms with van der Waals surface area (Å²) in [7, 11) is 0. The Kier molecular flexibility index (Phi) is 5.53. The Labute approximate surface area is 163 Å². The molecule has 0 aromatic heterocycles. The number of rotatable bonds is 3. The van der Waals surface area contributed by atoms with Gasteiger partial charge in [-0.05, 0) is 62.8 Å². The van der Waals surface area contributed by atoms with Gasteiger partial charge in [-0.1, -0.05) is 12.1 Å². The number of nitrogens with zero attached hydrogens (tertiary/aromatic N) is 2. The van der Waals surface area contributed by atoms with Gasteiger partial charge in [0.2, 0.25) is 0 Å². The summed E-state index contributed by atoms with van der Waals surface area (Å²) < 4.78 is 5.81. The molecule has 2 atom stereocenters. The van der Waals surface area contributed by atoms with Crippen molar-refractivity contribution in [3.8, 4) is 0 Å². The van der Waals surface area contributed by atoms with Crippen LogP contribution in [0.5, 0.6) is 0 Å². The van der Waals surface area contributed by atoms with Crippen LogP contribution in [-0.4, -0.2) is 67.2 Å². The second kappa shape index (κ2) is 7.90. The lowest BCUT2D eigenvalue weighted by Crippen LogP contribution is -2.44. The Morgan fingerprint density at radius 2 is 1.78 bits per heavy atom. The van der Waals surface area contributed by atoms with Gasteiger partial charge in [-0.15, -0.1) is 0 Å². The van der Waals surface area contributed by atoms with Gasteiger partial charge < -0.3 is 15.0 Å². The van der Waals surface area contributed by atoms with Gasteiger partial charge in [0.15, 0.2) is 0 Å². The van der Waals surface area contributed by atoms with E-state index in [2.05, 4.69) is 36.2 Å². The van der Waals surface area contributed by atoms with Crippen molar-refractivity contribution in [2.24, 2.45) is 5.41 Å². The molecule has 1 amide bonds. The quantitative estimate of drug-likeness (QED) is 0.887. The van der Waals surface area contributed by atoms with E-state index < -0.39 is 0 Å². The van der Waals surface area contributed by atoms with E-state index in [4.69, 9.17) is 4.74 Å². The van der Waals surface area contributed by atoms with Crippen molar-refractivity contribution >= 4 is 5.91 Å². The lowest BCUT2D eigenvalue weighted by Gasteiger charge is -2.39.